The van der Waals surface area contributed by atoms with Crippen molar-refractivity contribution in [3.05, 3.63) is 71.8 Å². The summed E-state index contributed by atoms with van der Waals surface area (Å²) in [5.41, 5.74) is 13.6. The van der Waals surface area contributed by atoms with E-state index in [-0.39, 0.29) is 37.5 Å². The van der Waals surface area contributed by atoms with Crippen LogP contribution in [0.3, 0.4) is 0 Å². The molecular formula is C27H32Cl2N6O3. The first-order valence-corrected chi connectivity index (χ1v) is 11.8. The third kappa shape index (κ3) is 7.84. The van der Waals surface area contributed by atoms with Crippen molar-refractivity contribution < 1.29 is 14.3 Å². The maximum absolute atomic E-state index is 11.4. The number of nitrogens with zero attached hydrogens (tertiary/aromatic N) is 2. The number of nitrogens with two attached hydrogens (primary N) is 2. The van der Waals surface area contributed by atoms with Crippen molar-refractivity contribution in [3.63, 3.8) is 0 Å². The Morgan fingerprint density at radius 3 is 2.45 bits per heavy atom. The number of likely N-dealkylation sites (tertiary alicyclic amines) is 1. The summed E-state index contributed by atoms with van der Waals surface area (Å²) in [7, 11) is 0. The lowest BCUT2D eigenvalue weighted by molar-refractivity contribution is -0.137. The summed E-state index contributed by atoms with van der Waals surface area (Å²) in [6, 6.07) is 19.0. The third-order valence-electron chi connectivity index (χ3n) is 6.12. The molecule has 4 rings (SSSR count). The van der Waals surface area contributed by atoms with Gasteiger partial charge in [-0.05, 0) is 72.5 Å². The second-order valence-electron chi connectivity index (χ2n) is 8.85. The maximum Gasteiger partial charge on any atom is 0.309 e. The highest BCUT2D eigenvalue weighted by molar-refractivity contribution is 6.34. The molecule has 3 aromatic carbocycles. The number of fused-ring (bicyclic) bond motifs is 1. The lowest BCUT2D eigenvalue weighted by Gasteiger charge is -2.33. The molecule has 1 fully saturated rings. The minimum Gasteiger partial charge on any atom is -0.489 e. The molecule has 0 radical (unpaired) electrons. The molecule has 0 spiro atoms. The number of primary amides is 1. The fraction of sp³-hybridized carbons (Fsp3) is 0.259. The molecule has 9 nitrogen and oxygen atoms in total. The quantitative estimate of drug-likeness (QED) is 0.207. The molecule has 6 N–H and O–H groups in total. The van der Waals surface area contributed by atoms with Gasteiger partial charge in [-0.2, -0.15) is 0 Å². The summed E-state index contributed by atoms with van der Waals surface area (Å²) >= 11 is 0. The summed E-state index contributed by atoms with van der Waals surface area (Å²) < 4.78 is 6.12. The molecule has 0 saturated carbocycles. The molecule has 0 aromatic heterocycles. The Kier molecular flexibility index (Phi) is 10.9. The molecule has 2 amide bonds. The molecule has 1 atom stereocenters. The second kappa shape index (κ2) is 13.6. The van der Waals surface area contributed by atoms with Gasteiger partial charge in [-0.3, -0.25) is 15.0 Å². The lowest BCUT2D eigenvalue weighted by atomic mass is 10.0. The zero-order valence-corrected chi connectivity index (χ0v) is 22.6. The maximum atomic E-state index is 11.4. The second-order valence-corrected chi connectivity index (χ2v) is 8.85. The van der Waals surface area contributed by atoms with E-state index in [1.807, 2.05) is 65.6 Å². The van der Waals surface area contributed by atoms with Gasteiger partial charge in [0, 0.05) is 18.7 Å². The average molecular weight is 559 g/mol. The van der Waals surface area contributed by atoms with Gasteiger partial charge in [-0.25, -0.2) is 4.99 Å². The van der Waals surface area contributed by atoms with Crippen LogP contribution in [0.25, 0.3) is 10.8 Å². The first-order chi connectivity index (χ1) is 17.3. The summed E-state index contributed by atoms with van der Waals surface area (Å²) in [5.74, 6) is -0.117. The van der Waals surface area contributed by atoms with E-state index >= 15 is 0 Å². The van der Waals surface area contributed by atoms with E-state index in [2.05, 4.69) is 10.3 Å². The number of hydrogen-bond donors (Lipinski definition) is 4. The lowest BCUT2D eigenvalue weighted by Crippen LogP contribution is -2.43. The Hall–Kier alpha value is -3.82. The molecule has 1 aliphatic rings. The number of carbonyl (C=O) groups excluding carboxylic acids is 2. The Balaban J connectivity index is 0.00000253. The monoisotopic (exact) mass is 558 g/mol. The minimum absolute atomic E-state index is 0. The highest BCUT2D eigenvalue weighted by Gasteiger charge is 2.21. The first-order valence-electron chi connectivity index (χ1n) is 11.8. The molecule has 1 unspecified atom stereocenters. The zero-order valence-electron chi connectivity index (χ0n) is 21.0. The molecule has 11 heteroatoms. The fourth-order valence-corrected chi connectivity index (χ4v) is 4.17. The van der Waals surface area contributed by atoms with Crippen molar-refractivity contribution in [3.8, 4) is 5.75 Å². The normalized spacial score (nSPS) is 15.1. The number of carbonyl (C=O) groups is 2. The van der Waals surface area contributed by atoms with Crippen molar-refractivity contribution in [1.29, 1.82) is 5.41 Å². The predicted octanol–water partition coefficient (Wildman–Crippen LogP) is 3.66. The van der Waals surface area contributed by atoms with E-state index in [0.717, 1.165) is 53.6 Å². The average Bonchev–Trinajstić information content (AvgIpc) is 2.88. The van der Waals surface area contributed by atoms with Crippen LogP contribution in [0.15, 0.2) is 65.7 Å². The molecule has 1 saturated heterocycles. The van der Waals surface area contributed by atoms with Crippen LogP contribution in [0.2, 0.25) is 0 Å². The SMILES string of the molecule is CC(=N)N1CCCC(Oc2ccc(N=C(N)c3ccc4ccc(CNC(=O)C(N)=O)cc4c3)cc2)C1.Cl.Cl. The Morgan fingerprint density at radius 2 is 1.76 bits per heavy atom. The molecule has 0 bridgehead atoms. The van der Waals surface area contributed by atoms with E-state index in [4.69, 9.17) is 21.6 Å². The highest BCUT2D eigenvalue weighted by atomic mass is 35.5. The summed E-state index contributed by atoms with van der Waals surface area (Å²) in [6.07, 6.45) is 2.04. The number of benzene rings is 3. The minimum atomic E-state index is -1.01. The van der Waals surface area contributed by atoms with Gasteiger partial charge in [0.05, 0.1) is 18.1 Å². The van der Waals surface area contributed by atoms with Crippen LogP contribution in [0.4, 0.5) is 5.69 Å². The van der Waals surface area contributed by atoms with Gasteiger partial charge >= 0.3 is 11.8 Å². The van der Waals surface area contributed by atoms with Gasteiger partial charge in [0.2, 0.25) is 0 Å². The Labute approximate surface area is 233 Å². The number of aliphatic imine (C=N–C) groups is 1. The van der Waals surface area contributed by atoms with Crippen molar-refractivity contribution in [1.82, 2.24) is 10.2 Å². The van der Waals surface area contributed by atoms with Crippen molar-refractivity contribution in [2.45, 2.75) is 32.4 Å². The zero-order chi connectivity index (χ0) is 25.7. The molecule has 1 aliphatic heterocycles. The van der Waals surface area contributed by atoms with Gasteiger partial charge in [-0.15, -0.1) is 24.8 Å². The van der Waals surface area contributed by atoms with Crippen LogP contribution in [0, 0.1) is 5.41 Å². The van der Waals surface area contributed by atoms with Crippen molar-refractivity contribution >= 4 is 64.8 Å². The number of amidine groups is 2. The van der Waals surface area contributed by atoms with Crippen molar-refractivity contribution in [2.75, 3.05) is 13.1 Å². The number of rotatable bonds is 6. The summed E-state index contributed by atoms with van der Waals surface area (Å²) in [6.45, 7) is 3.63. The molecule has 0 aliphatic carbocycles. The standard InChI is InChI=1S/C27H30N6O3.2ClH/c1-17(28)33-12-2-3-24(16-33)36-23-10-8-22(9-11-23)32-25(29)20-7-6-19-5-4-18(13-21(19)14-20)15-31-27(35)26(30)34;;/h4-11,13-14,24,28H,2-3,12,15-16H2,1H3,(H2,29,32)(H2,30,34)(H,31,35);2*1H. The van der Waals surface area contributed by atoms with E-state index in [0.29, 0.717) is 17.4 Å². The summed E-state index contributed by atoms with van der Waals surface area (Å²) in [4.78, 5) is 28.9. The predicted molar refractivity (Wildman–Crippen MR) is 155 cm³/mol. The van der Waals surface area contributed by atoms with Gasteiger partial charge in [0.25, 0.3) is 0 Å². The van der Waals surface area contributed by atoms with Crippen LogP contribution >= 0.6 is 24.8 Å². The molecular weight excluding hydrogens is 527 g/mol. The molecule has 1 heterocycles. The van der Waals surface area contributed by atoms with E-state index in [9.17, 15) is 9.59 Å². The number of piperidine rings is 1. The summed E-state index contributed by atoms with van der Waals surface area (Å²) in [5, 5.41) is 12.3. The van der Waals surface area contributed by atoms with Crippen LogP contribution < -0.4 is 21.5 Å². The largest absolute Gasteiger partial charge is 0.489 e. The number of ether oxygens (including phenoxy) is 1. The van der Waals surface area contributed by atoms with E-state index in [1.165, 1.54) is 0 Å². The Morgan fingerprint density at radius 1 is 1.05 bits per heavy atom. The van der Waals surface area contributed by atoms with Crippen LogP contribution in [-0.2, 0) is 16.1 Å². The van der Waals surface area contributed by atoms with Crippen LogP contribution in [0.5, 0.6) is 5.75 Å². The van der Waals surface area contributed by atoms with E-state index in [1.54, 1.807) is 6.92 Å². The van der Waals surface area contributed by atoms with Gasteiger partial charge < -0.3 is 26.4 Å². The topological polar surface area (TPSA) is 147 Å². The number of nitrogens with one attached hydrogen (secondary N) is 2. The molecule has 202 valence electrons. The number of hydrogen-bond acceptors (Lipinski definition) is 5. The van der Waals surface area contributed by atoms with Crippen LogP contribution in [0.1, 0.15) is 30.9 Å². The van der Waals surface area contributed by atoms with Crippen LogP contribution in [-0.4, -0.2) is 47.6 Å². The smallest absolute Gasteiger partial charge is 0.309 e. The third-order valence-corrected chi connectivity index (χ3v) is 6.12. The Bertz CT molecular complexity index is 1330. The van der Waals surface area contributed by atoms with E-state index < -0.39 is 11.8 Å². The van der Waals surface area contributed by atoms with Crippen molar-refractivity contribution in [2.24, 2.45) is 16.5 Å². The van der Waals surface area contributed by atoms with Gasteiger partial charge in [0.15, 0.2) is 0 Å². The highest BCUT2D eigenvalue weighted by Crippen LogP contribution is 2.23. The molecule has 38 heavy (non-hydrogen) atoms. The fourth-order valence-electron chi connectivity index (χ4n) is 4.17. The number of halogens is 2. The number of amides is 2. The van der Waals surface area contributed by atoms with Gasteiger partial charge in [0.1, 0.15) is 17.7 Å². The molecule has 3 aromatic rings. The first kappa shape index (κ1) is 30.4. The van der Waals surface area contributed by atoms with Gasteiger partial charge in [-0.1, -0.05) is 24.3 Å².